The third kappa shape index (κ3) is 3.51. The van der Waals surface area contributed by atoms with Crippen molar-refractivity contribution in [3.8, 4) is 0 Å². The third-order valence-electron chi connectivity index (χ3n) is 3.94. The van der Waals surface area contributed by atoms with E-state index < -0.39 is 5.97 Å². The maximum Gasteiger partial charge on any atom is 0.345 e. The number of H-pyrrole nitrogens is 1. The van der Waals surface area contributed by atoms with Gasteiger partial charge >= 0.3 is 5.97 Å². The lowest BCUT2D eigenvalue weighted by Crippen LogP contribution is -2.35. The van der Waals surface area contributed by atoms with Crippen LogP contribution in [0.1, 0.15) is 45.0 Å². The van der Waals surface area contributed by atoms with E-state index in [0.717, 1.165) is 47.8 Å². The summed E-state index contributed by atoms with van der Waals surface area (Å²) < 4.78 is 0. The molecule has 0 radical (unpaired) electrons. The molecule has 6 nitrogen and oxygen atoms in total. The molecule has 0 spiro atoms. The second-order valence-electron chi connectivity index (χ2n) is 5.72. The number of carboxylic acid groups (broad SMARTS) is 1. The van der Waals surface area contributed by atoms with Crippen LogP contribution in [0.4, 0.5) is 0 Å². The molecule has 2 N–H and O–H groups in total. The smallest absolute Gasteiger partial charge is 0.345 e. The number of fused-ring (bicyclic) bond motifs is 1. The number of aromatic nitrogens is 2. The summed E-state index contributed by atoms with van der Waals surface area (Å²) in [4.78, 5) is 34.2. The van der Waals surface area contributed by atoms with Crippen LogP contribution in [0.3, 0.4) is 0 Å². The van der Waals surface area contributed by atoms with E-state index in [1.165, 1.54) is 11.3 Å². The molecule has 1 aliphatic rings. The number of nitrogens with zero attached hydrogens (tertiary/aromatic N) is 2. The van der Waals surface area contributed by atoms with Gasteiger partial charge in [0, 0.05) is 37.4 Å². The van der Waals surface area contributed by atoms with E-state index in [0.29, 0.717) is 18.0 Å². The SMILES string of the molecule is CCCc1nc2c(c(=O)[nH]1)CN(Cc1ccc(C(=O)O)s1)CC2. The average Bonchev–Trinajstić information content (AvgIpc) is 2.97. The summed E-state index contributed by atoms with van der Waals surface area (Å²) >= 11 is 1.29. The molecule has 1 aliphatic heterocycles. The van der Waals surface area contributed by atoms with Crippen molar-refractivity contribution in [1.82, 2.24) is 14.9 Å². The number of rotatable bonds is 5. The highest BCUT2D eigenvalue weighted by Gasteiger charge is 2.21. The van der Waals surface area contributed by atoms with Crippen LogP contribution in [0.5, 0.6) is 0 Å². The molecule has 2 aromatic rings. The second kappa shape index (κ2) is 6.64. The van der Waals surface area contributed by atoms with Crippen LogP contribution in [0, 0.1) is 0 Å². The molecule has 0 fully saturated rings. The monoisotopic (exact) mass is 333 g/mol. The number of hydrogen-bond donors (Lipinski definition) is 2. The third-order valence-corrected chi connectivity index (χ3v) is 4.99. The lowest BCUT2D eigenvalue weighted by Gasteiger charge is -2.27. The first-order valence-electron chi connectivity index (χ1n) is 7.72. The van der Waals surface area contributed by atoms with Gasteiger partial charge in [0.2, 0.25) is 0 Å². The van der Waals surface area contributed by atoms with E-state index in [1.807, 2.05) is 6.07 Å². The van der Waals surface area contributed by atoms with Gasteiger partial charge in [-0.3, -0.25) is 9.69 Å². The summed E-state index contributed by atoms with van der Waals surface area (Å²) in [5.74, 6) is -0.122. The molecule has 0 saturated carbocycles. The van der Waals surface area contributed by atoms with E-state index in [9.17, 15) is 9.59 Å². The molecule has 3 heterocycles. The molecule has 0 atom stereocenters. The topological polar surface area (TPSA) is 86.3 Å². The molecular weight excluding hydrogens is 314 g/mol. The minimum Gasteiger partial charge on any atom is -0.477 e. The lowest BCUT2D eigenvalue weighted by molar-refractivity contribution is 0.0702. The Kier molecular flexibility index (Phi) is 4.58. The Balaban J connectivity index is 1.74. The maximum atomic E-state index is 12.3. The van der Waals surface area contributed by atoms with Gasteiger partial charge in [0.1, 0.15) is 10.7 Å². The second-order valence-corrected chi connectivity index (χ2v) is 6.89. The van der Waals surface area contributed by atoms with Crippen molar-refractivity contribution < 1.29 is 9.90 Å². The van der Waals surface area contributed by atoms with Gasteiger partial charge in [0.15, 0.2) is 0 Å². The molecule has 0 unspecified atom stereocenters. The molecule has 0 bridgehead atoms. The molecule has 7 heteroatoms. The fraction of sp³-hybridized carbons (Fsp3) is 0.438. The average molecular weight is 333 g/mol. The van der Waals surface area contributed by atoms with Crippen molar-refractivity contribution in [2.75, 3.05) is 6.54 Å². The van der Waals surface area contributed by atoms with Crippen LogP contribution in [0.15, 0.2) is 16.9 Å². The summed E-state index contributed by atoms with van der Waals surface area (Å²) in [6.45, 7) is 4.11. The molecule has 0 amide bonds. The zero-order valence-corrected chi connectivity index (χ0v) is 13.8. The molecule has 3 rings (SSSR count). The van der Waals surface area contributed by atoms with Crippen LogP contribution >= 0.6 is 11.3 Å². The number of carboxylic acids is 1. The maximum absolute atomic E-state index is 12.3. The standard InChI is InChI=1S/C16H19N3O3S/c1-2-3-14-17-12-6-7-19(9-11(12)15(20)18-14)8-10-4-5-13(23-10)16(21)22/h4-5H,2-3,6-9H2,1H3,(H,21,22)(H,17,18,20). The molecule has 23 heavy (non-hydrogen) atoms. The molecular formula is C16H19N3O3S. The van der Waals surface area contributed by atoms with Crippen LogP contribution < -0.4 is 5.56 Å². The number of hydrogen-bond acceptors (Lipinski definition) is 5. The first kappa shape index (κ1) is 15.9. The summed E-state index contributed by atoms with van der Waals surface area (Å²) in [6.07, 6.45) is 2.50. The fourth-order valence-corrected chi connectivity index (χ4v) is 3.71. The van der Waals surface area contributed by atoms with Gasteiger partial charge < -0.3 is 10.1 Å². The minimum atomic E-state index is -0.894. The lowest BCUT2D eigenvalue weighted by atomic mass is 10.1. The van der Waals surface area contributed by atoms with Crippen molar-refractivity contribution in [2.45, 2.75) is 39.3 Å². The fourth-order valence-electron chi connectivity index (χ4n) is 2.82. The predicted molar refractivity (Wildman–Crippen MR) is 87.9 cm³/mol. The van der Waals surface area contributed by atoms with E-state index in [-0.39, 0.29) is 5.56 Å². The summed E-state index contributed by atoms with van der Waals surface area (Å²) in [5.41, 5.74) is 1.61. The number of thiophene rings is 1. The van der Waals surface area contributed by atoms with Crippen molar-refractivity contribution in [2.24, 2.45) is 0 Å². The Morgan fingerprint density at radius 2 is 2.30 bits per heavy atom. The summed E-state index contributed by atoms with van der Waals surface area (Å²) in [6, 6.07) is 3.47. The summed E-state index contributed by atoms with van der Waals surface area (Å²) in [5, 5.41) is 8.98. The Labute approximate surface area is 137 Å². The predicted octanol–water partition coefficient (Wildman–Crippen LogP) is 2.04. The Morgan fingerprint density at radius 3 is 3.00 bits per heavy atom. The zero-order valence-electron chi connectivity index (χ0n) is 13.0. The Morgan fingerprint density at radius 1 is 1.48 bits per heavy atom. The van der Waals surface area contributed by atoms with E-state index in [2.05, 4.69) is 21.8 Å². The highest BCUT2D eigenvalue weighted by Crippen LogP contribution is 2.21. The molecule has 122 valence electrons. The highest BCUT2D eigenvalue weighted by atomic mass is 32.1. The van der Waals surface area contributed by atoms with Crippen LogP contribution in [0.2, 0.25) is 0 Å². The number of aryl methyl sites for hydroxylation is 1. The van der Waals surface area contributed by atoms with Crippen LogP contribution in [0.25, 0.3) is 0 Å². The van der Waals surface area contributed by atoms with E-state index >= 15 is 0 Å². The largest absolute Gasteiger partial charge is 0.477 e. The van der Waals surface area contributed by atoms with Gasteiger partial charge in [-0.1, -0.05) is 6.92 Å². The van der Waals surface area contributed by atoms with E-state index in [4.69, 9.17) is 5.11 Å². The van der Waals surface area contributed by atoms with Crippen molar-refractivity contribution in [3.05, 3.63) is 49.3 Å². The summed E-state index contributed by atoms with van der Waals surface area (Å²) in [7, 11) is 0. The van der Waals surface area contributed by atoms with E-state index in [1.54, 1.807) is 6.07 Å². The number of nitrogens with one attached hydrogen (secondary N) is 1. The van der Waals surface area contributed by atoms with Crippen molar-refractivity contribution in [1.29, 1.82) is 0 Å². The van der Waals surface area contributed by atoms with Crippen molar-refractivity contribution in [3.63, 3.8) is 0 Å². The Bertz CT molecular complexity index is 781. The van der Waals surface area contributed by atoms with Crippen LogP contribution in [-0.4, -0.2) is 32.5 Å². The quantitative estimate of drug-likeness (QED) is 0.874. The molecule has 2 aromatic heterocycles. The number of aromatic amines is 1. The first-order valence-corrected chi connectivity index (χ1v) is 8.53. The minimum absolute atomic E-state index is 0.0412. The normalized spacial score (nSPS) is 14.7. The number of carbonyl (C=O) groups is 1. The van der Waals surface area contributed by atoms with Crippen LogP contribution in [-0.2, 0) is 25.9 Å². The highest BCUT2D eigenvalue weighted by molar-refractivity contribution is 7.13. The van der Waals surface area contributed by atoms with Crippen molar-refractivity contribution >= 4 is 17.3 Å². The molecule has 0 aromatic carbocycles. The van der Waals surface area contributed by atoms with Gasteiger partial charge in [-0.25, -0.2) is 9.78 Å². The zero-order chi connectivity index (χ0) is 16.4. The Hall–Kier alpha value is -1.99. The number of aromatic carboxylic acids is 1. The molecule has 0 saturated heterocycles. The van der Waals surface area contributed by atoms with Gasteiger partial charge in [0.25, 0.3) is 5.56 Å². The van der Waals surface area contributed by atoms with Gasteiger partial charge in [-0.05, 0) is 18.6 Å². The first-order chi connectivity index (χ1) is 11.1. The van der Waals surface area contributed by atoms with Gasteiger partial charge in [0.05, 0.1) is 11.3 Å². The van der Waals surface area contributed by atoms with Gasteiger partial charge in [-0.2, -0.15) is 0 Å². The van der Waals surface area contributed by atoms with Gasteiger partial charge in [-0.15, -0.1) is 11.3 Å². The molecule has 0 aliphatic carbocycles.